The van der Waals surface area contributed by atoms with Crippen LogP contribution in [0.2, 0.25) is 0 Å². The van der Waals surface area contributed by atoms with E-state index in [1.807, 2.05) is 20.8 Å². The van der Waals surface area contributed by atoms with Crippen molar-refractivity contribution in [3.8, 4) is 0 Å². The Kier molecular flexibility index (Phi) is 10.0. The first-order valence-electron chi connectivity index (χ1n) is 12.0. The van der Waals surface area contributed by atoms with Gasteiger partial charge in [-0.15, -0.1) is 0 Å². The van der Waals surface area contributed by atoms with Gasteiger partial charge in [0, 0.05) is 24.9 Å². The third kappa shape index (κ3) is 6.78. The van der Waals surface area contributed by atoms with Crippen molar-refractivity contribution in [2.75, 3.05) is 6.54 Å². The molecule has 0 spiro atoms. The highest BCUT2D eigenvalue weighted by molar-refractivity contribution is 5.94. The standard InChI is InChI=1S/C23H38N6O5/c1-5-13(3)18(21(31)28-19(23(33)34)14(4)6-2)27-20(30)17-8-7-9-29(17)22(32)16(24)10-15-11-25-12-26-15/h11-14,16-19H,5-10,24H2,1-4H3,(H,25,26)(H,27,30)(H,28,31)(H,33,34). The van der Waals surface area contributed by atoms with Gasteiger partial charge in [0.25, 0.3) is 0 Å². The SMILES string of the molecule is CCC(C)C(NC(=O)C(NC(=O)C1CCCN1C(=O)C(N)Cc1cnc[nH]1)C(C)CC)C(=O)O. The first-order chi connectivity index (χ1) is 16.1. The van der Waals surface area contributed by atoms with E-state index in [-0.39, 0.29) is 24.2 Å². The Morgan fingerprint density at radius 3 is 2.38 bits per heavy atom. The first kappa shape index (κ1) is 27.3. The Labute approximate surface area is 200 Å². The predicted molar refractivity (Wildman–Crippen MR) is 125 cm³/mol. The highest BCUT2D eigenvalue weighted by Crippen LogP contribution is 2.20. The van der Waals surface area contributed by atoms with E-state index in [0.717, 1.165) is 5.69 Å². The molecule has 190 valence electrons. The van der Waals surface area contributed by atoms with Gasteiger partial charge in [0.2, 0.25) is 17.7 Å². The molecule has 0 aromatic carbocycles. The minimum absolute atomic E-state index is 0.233. The number of imidazole rings is 1. The summed E-state index contributed by atoms with van der Waals surface area (Å²) >= 11 is 0. The topological polar surface area (TPSA) is 171 Å². The Hall–Kier alpha value is -2.95. The lowest BCUT2D eigenvalue weighted by molar-refractivity contribution is -0.144. The van der Waals surface area contributed by atoms with Crippen molar-refractivity contribution < 1.29 is 24.3 Å². The number of hydrogen-bond donors (Lipinski definition) is 5. The van der Waals surface area contributed by atoms with Crippen LogP contribution in [0.25, 0.3) is 0 Å². The maximum atomic E-state index is 13.2. The molecule has 11 heteroatoms. The number of hydrogen-bond acceptors (Lipinski definition) is 6. The Morgan fingerprint density at radius 2 is 1.82 bits per heavy atom. The van der Waals surface area contributed by atoms with Crippen molar-refractivity contribution in [1.29, 1.82) is 0 Å². The summed E-state index contributed by atoms with van der Waals surface area (Å²) in [7, 11) is 0. The molecule has 0 bridgehead atoms. The van der Waals surface area contributed by atoms with Crippen LogP contribution in [0.4, 0.5) is 0 Å². The number of likely N-dealkylation sites (tertiary alicyclic amines) is 1. The summed E-state index contributed by atoms with van der Waals surface area (Å²) in [6.45, 7) is 7.72. The smallest absolute Gasteiger partial charge is 0.326 e. The molecule has 6 unspecified atom stereocenters. The van der Waals surface area contributed by atoms with Crippen LogP contribution in [0, 0.1) is 11.8 Å². The first-order valence-corrected chi connectivity index (χ1v) is 12.0. The maximum Gasteiger partial charge on any atom is 0.326 e. The lowest BCUT2D eigenvalue weighted by Gasteiger charge is -2.31. The van der Waals surface area contributed by atoms with Gasteiger partial charge in [-0.25, -0.2) is 9.78 Å². The minimum atomic E-state index is -1.12. The van der Waals surface area contributed by atoms with Crippen molar-refractivity contribution in [3.63, 3.8) is 0 Å². The molecule has 0 radical (unpaired) electrons. The molecule has 1 fully saturated rings. The normalized spacial score (nSPS) is 20.1. The molecule has 1 aliphatic rings. The number of nitrogens with one attached hydrogen (secondary N) is 3. The molecule has 2 heterocycles. The molecule has 2 rings (SSSR count). The van der Waals surface area contributed by atoms with Gasteiger partial charge in [0.15, 0.2) is 0 Å². The van der Waals surface area contributed by atoms with Crippen molar-refractivity contribution in [2.24, 2.45) is 17.6 Å². The average Bonchev–Trinajstić information content (AvgIpc) is 3.51. The average molecular weight is 479 g/mol. The molecule has 11 nitrogen and oxygen atoms in total. The molecule has 1 aliphatic heterocycles. The number of rotatable bonds is 12. The van der Waals surface area contributed by atoms with Gasteiger partial charge in [0.1, 0.15) is 18.1 Å². The zero-order chi connectivity index (χ0) is 25.4. The van der Waals surface area contributed by atoms with Crippen LogP contribution in [0.3, 0.4) is 0 Å². The number of aromatic amines is 1. The number of nitrogens with two attached hydrogens (primary N) is 1. The third-order valence-electron chi connectivity index (χ3n) is 6.72. The molecule has 0 aliphatic carbocycles. The molecule has 3 amide bonds. The summed E-state index contributed by atoms with van der Waals surface area (Å²) in [5, 5.41) is 14.9. The van der Waals surface area contributed by atoms with E-state index in [4.69, 9.17) is 5.73 Å². The monoisotopic (exact) mass is 478 g/mol. The molecule has 1 saturated heterocycles. The van der Waals surface area contributed by atoms with E-state index in [1.54, 1.807) is 13.1 Å². The third-order valence-corrected chi connectivity index (χ3v) is 6.72. The maximum absolute atomic E-state index is 13.2. The molecule has 1 aromatic heterocycles. The molecular formula is C23H38N6O5. The van der Waals surface area contributed by atoms with Crippen molar-refractivity contribution in [2.45, 2.75) is 84.0 Å². The predicted octanol–water partition coefficient (Wildman–Crippen LogP) is 0.417. The largest absolute Gasteiger partial charge is 0.480 e. The Morgan fingerprint density at radius 1 is 1.18 bits per heavy atom. The van der Waals surface area contributed by atoms with Gasteiger partial charge in [-0.05, 0) is 24.7 Å². The van der Waals surface area contributed by atoms with Crippen LogP contribution in [0.5, 0.6) is 0 Å². The molecule has 34 heavy (non-hydrogen) atoms. The number of H-pyrrole nitrogens is 1. The fourth-order valence-electron chi connectivity index (χ4n) is 4.11. The van der Waals surface area contributed by atoms with Crippen LogP contribution in [0.15, 0.2) is 12.5 Å². The zero-order valence-corrected chi connectivity index (χ0v) is 20.4. The Bertz CT molecular complexity index is 845. The van der Waals surface area contributed by atoms with Crippen molar-refractivity contribution in [3.05, 3.63) is 18.2 Å². The number of carbonyl (C=O) groups is 4. The molecule has 0 saturated carbocycles. The summed E-state index contributed by atoms with van der Waals surface area (Å²) in [6, 6.07) is -3.52. The van der Waals surface area contributed by atoms with Crippen LogP contribution >= 0.6 is 0 Å². The molecular weight excluding hydrogens is 440 g/mol. The van der Waals surface area contributed by atoms with Crippen LogP contribution < -0.4 is 16.4 Å². The summed E-state index contributed by atoms with van der Waals surface area (Å²) in [6.07, 6.45) is 5.67. The summed E-state index contributed by atoms with van der Waals surface area (Å²) < 4.78 is 0. The fraction of sp³-hybridized carbons (Fsp3) is 0.696. The van der Waals surface area contributed by atoms with Gasteiger partial charge >= 0.3 is 5.97 Å². The van der Waals surface area contributed by atoms with E-state index in [2.05, 4.69) is 20.6 Å². The van der Waals surface area contributed by atoms with Gasteiger partial charge < -0.3 is 31.4 Å². The second-order valence-electron chi connectivity index (χ2n) is 9.16. The Balaban J connectivity index is 2.10. The minimum Gasteiger partial charge on any atom is -0.480 e. The summed E-state index contributed by atoms with van der Waals surface area (Å²) in [4.78, 5) is 59.2. The highest BCUT2D eigenvalue weighted by Gasteiger charge is 2.39. The van der Waals surface area contributed by atoms with Gasteiger partial charge in [0.05, 0.1) is 12.4 Å². The van der Waals surface area contributed by atoms with Crippen LogP contribution in [0.1, 0.15) is 59.1 Å². The fourth-order valence-corrected chi connectivity index (χ4v) is 4.11. The summed E-state index contributed by atoms with van der Waals surface area (Å²) in [5.41, 5.74) is 6.83. The quantitative estimate of drug-likeness (QED) is 0.290. The van der Waals surface area contributed by atoms with Crippen LogP contribution in [-0.2, 0) is 25.6 Å². The summed E-state index contributed by atoms with van der Waals surface area (Å²) in [5.74, 6) is -2.93. The lowest BCUT2D eigenvalue weighted by Crippen LogP contribution is -2.59. The van der Waals surface area contributed by atoms with Gasteiger partial charge in [-0.2, -0.15) is 0 Å². The second-order valence-corrected chi connectivity index (χ2v) is 9.16. The number of amides is 3. The zero-order valence-electron chi connectivity index (χ0n) is 20.4. The molecule has 1 aromatic rings. The molecule has 6 atom stereocenters. The number of aromatic nitrogens is 2. The highest BCUT2D eigenvalue weighted by atomic mass is 16.4. The van der Waals surface area contributed by atoms with Crippen molar-refractivity contribution >= 4 is 23.7 Å². The van der Waals surface area contributed by atoms with Gasteiger partial charge in [-0.1, -0.05) is 40.5 Å². The van der Waals surface area contributed by atoms with E-state index in [1.165, 1.54) is 11.2 Å². The number of aliphatic carboxylic acids is 1. The number of carboxylic acids is 1. The number of carbonyl (C=O) groups excluding carboxylic acids is 3. The second kappa shape index (κ2) is 12.5. The van der Waals surface area contributed by atoms with E-state index in [9.17, 15) is 24.3 Å². The van der Waals surface area contributed by atoms with Crippen LogP contribution in [-0.4, -0.2) is 74.4 Å². The number of carboxylic acid groups (broad SMARTS) is 1. The van der Waals surface area contributed by atoms with E-state index >= 15 is 0 Å². The van der Waals surface area contributed by atoms with Crippen molar-refractivity contribution in [1.82, 2.24) is 25.5 Å². The molecule has 6 N–H and O–H groups in total. The van der Waals surface area contributed by atoms with E-state index < -0.39 is 42.0 Å². The number of nitrogens with zero attached hydrogens (tertiary/aromatic N) is 2. The lowest BCUT2D eigenvalue weighted by atomic mass is 9.95. The van der Waals surface area contributed by atoms with Gasteiger partial charge in [-0.3, -0.25) is 14.4 Å². The van der Waals surface area contributed by atoms with E-state index in [0.29, 0.717) is 32.2 Å².